The smallest absolute Gasteiger partial charge is 0.409 e. The van der Waals surface area contributed by atoms with Crippen molar-refractivity contribution in [2.75, 3.05) is 33.8 Å². The number of nitrogens with zero attached hydrogens (tertiary/aromatic N) is 4. The van der Waals surface area contributed by atoms with Gasteiger partial charge in [0.05, 0.1) is 25.4 Å². The minimum absolute atomic E-state index is 0.247. The number of aryl methyl sites for hydroxylation is 1. The van der Waals surface area contributed by atoms with Crippen molar-refractivity contribution < 1.29 is 9.53 Å². The lowest BCUT2D eigenvalue weighted by atomic mass is 10.1. The molecule has 0 aromatic carbocycles. The molecule has 2 aliphatic heterocycles. The molecule has 20 heavy (non-hydrogen) atoms. The molecule has 1 fully saturated rings. The summed E-state index contributed by atoms with van der Waals surface area (Å²) in [6.07, 6.45) is 1.78. The zero-order valence-electron chi connectivity index (χ0n) is 12.4. The molecule has 1 atom stereocenters. The summed E-state index contributed by atoms with van der Waals surface area (Å²) < 4.78 is 7.03. The number of likely N-dealkylation sites (tertiary alicyclic amines) is 1. The fraction of sp³-hybridized carbons (Fsp3) is 0.714. The van der Waals surface area contributed by atoms with Crippen LogP contribution in [0.4, 0.5) is 4.79 Å². The van der Waals surface area contributed by atoms with Gasteiger partial charge in [0.25, 0.3) is 0 Å². The average molecular weight is 278 g/mol. The van der Waals surface area contributed by atoms with E-state index in [0.29, 0.717) is 19.1 Å². The number of hydrogen-bond acceptors (Lipinski definition) is 4. The zero-order valence-corrected chi connectivity index (χ0v) is 12.4. The molecule has 1 aromatic heterocycles. The number of aromatic nitrogens is 2. The number of carbonyl (C=O) groups is 1. The molecule has 6 heteroatoms. The molecule has 0 bridgehead atoms. The zero-order chi connectivity index (χ0) is 14.3. The van der Waals surface area contributed by atoms with Crippen molar-refractivity contribution in [3.63, 3.8) is 0 Å². The maximum atomic E-state index is 11.7. The molecule has 1 amide bonds. The van der Waals surface area contributed by atoms with Gasteiger partial charge < -0.3 is 14.5 Å². The van der Waals surface area contributed by atoms with Crippen molar-refractivity contribution in [3.05, 3.63) is 17.0 Å². The number of rotatable bonds is 1. The van der Waals surface area contributed by atoms with E-state index in [1.54, 1.807) is 4.90 Å². The molecule has 110 valence electrons. The van der Waals surface area contributed by atoms with E-state index in [1.165, 1.54) is 18.4 Å². The molecule has 0 aliphatic carbocycles. The standard InChI is InChI=1S/C14H22N4O2/c1-10-12-9-17(14(19)20-3)7-5-13(12)18(15-10)11-4-6-16(2)8-11/h11H,4-9H2,1-3H3. The van der Waals surface area contributed by atoms with Crippen LogP contribution in [0, 0.1) is 6.92 Å². The second-order valence-electron chi connectivity index (χ2n) is 5.80. The topological polar surface area (TPSA) is 50.6 Å². The van der Waals surface area contributed by atoms with Gasteiger partial charge in [-0.25, -0.2) is 4.79 Å². The van der Waals surface area contributed by atoms with E-state index in [4.69, 9.17) is 9.84 Å². The Balaban J connectivity index is 1.86. The minimum atomic E-state index is -0.247. The predicted molar refractivity (Wildman–Crippen MR) is 74.6 cm³/mol. The van der Waals surface area contributed by atoms with Crippen LogP contribution >= 0.6 is 0 Å². The largest absolute Gasteiger partial charge is 0.453 e. The maximum Gasteiger partial charge on any atom is 0.409 e. The summed E-state index contributed by atoms with van der Waals surface area (Å²) in [5.74, 6) is 0. The highest BCUT2D eigenvalue weighted by atomic mass is 16.5. The van der Waals surface area contributed by atoms with Crippen molar-refractivity contribution in [2.45, 2.75) is 32.4 Å². The van der Waals surface area contributed by atoms with Gasteiger partial charge in [-0.05, 0) is 26.9 Å². The van der Waals surface area contributed by atoms with E-state index in [1.807, 2.05) is 6.92 Å². The summed E-state index contributed by atoms with van der Waals surface area (Å²) in [6.45, 7) is 5.57. The van der Waals surface area contributed by atoms with Crippen molar-refractivity contribution in [1.82, 2.24) is 19.6 Å². The highest BCUT2D eigenvalue weighted by Gasteiger charge is 2.30. The molecule has 1 saturated heterocycles. The van der Waals surface area contributed by atoms with Gasteiger partial charge in [-0.1, -0.05) is 0 Å². The third kappa shape index (κ3) is 2.18. The molecule has 0 spiro atoms. The molecule has 1 aromatic rings. The molecule has 2 aliphatic rings. The Hall–Kier alpha value is -1.56. The Labute approximate surface area is 119 Å². The van der Waals surface area contributed by atoms with E-state index < -0.39 is 0 Å². The number of likely N-dealkylation sites (N-methyl/N-ethyl adjacent to an activating group) is 1. The number of methoxy groups -OCH3 is 1. The van der Waals surface area contributed by atoms with Crippen molar-refractivity contribution in [3.8, 4) is 0 Å². The van der Waals surface area contributed by atoms with Crippen LogP contribution in [0.5, 0.6) is 0 Å². The summed E-state index contributed by atoms with van der Waals surface area (Å²) in [5, 5.41) is 4.74. The SMILES string of the molecule is COC(=O)N1CCc2c(c(C)nn2C2CCN(C)C2)C1. The van der Waals surface area contributed by atoms with Gasteiger partial charge in [0, 0.05) is 30.8 Å². The molecule has 6 nitrogen and oxygen atoms in total. The van der Waals surface area contributed by atoms with Gasteiger partial charge >= 0.3 is 6.09 Å². The Morgan fingerprint density at radius 3 is 2.85 bits per heavy atom. The molecular weight excluding hydrogens is 256 g/mol. The third-order valence-corrected chi connectivity index (χ3v) is 4.43. The Kier molecular flexibility index (Phi) is 3.41. The molecule has 3 heterocycles. The summed E-state index contributed by atoms with van der Waals surface area (Å²) in [7, 11) is 3.59. The maximum absolute atomic E-state index is 11.7. The summed E-state index contributed by atoms with van der Waals surface area (Å²) in [6, 6.07) is 0.479. The third-order valence-electron chi connectivity index (χ3n) is 4.43. The second kappa shape index (κ2) is 5.09. The van der Waals surface area contributed by atoms with Gasteiger partial charge in [0.2, 0.25) is 0 Å². The van der Waals surface area contributed by atoms with Crippen LogP contribution in [0.2, 0.25) is 0 Å². The quantitative estimate of drug-likeness (QED) is 0.774. The first-order chi connectivity index (χ1) is 9.60. The molecular formula is C14H22N4O2. The molecule has 0 radical (unpaired) electrons. The number of ether oxygens (including phenoxy) is 1. The van der Waals surface area contributed by atoms with Gasteiger partial charge in [-0.2, -0.15) is 5.10 Å². The highest BCUT2D eigenvalue weighted by molar-refractivity contribution is 5.68. The van der Waals surface area contributed by atoms with E-state index >= 15 is 0 Å². The number of hydrogen-bond donors (Lipinski definition) is 0. The van der Waals surface area contributed by atoms with Gasteiger partial charge in [0.1, 0.15) is 0 Å². The first kappa shape index (κ1) is 13.4. The number of fused-ring (bicyclic) bond motifs is 1. The normalized spacial score (nSPS) is 22.9. The van der Waals surface area contributed by atoms with Crippen molar-refractivity contribution in [2.24, 2.45) is 0 Å². The molecule has 0 saturated carbocycles. The second-order valence-corrected chi connectivity index (χ2v) is 5.80. The monoisotopic (exact) mass is 278 g/mol. The molecule has 0 N–H and O–H groups in total. The van der Waals surface area contributed by atoms with Crippen LogP contribution in [-0.2, 0) is 17.7 Å². The van der Waals surface area contributed by atoms with Gasteiger partial charge in [0.15, 0.2) is 0 Å². The fourth-order valence-electron chi connectivity index (χ4n) is 3.31. The first-order valence-corrected chi connectivity index (χ1v) is 7.18. The lowest BCUT2D eigenvalue weighted by molar-refractivity contribution is 0.118. The van der Waals surface area contributed by atoms with Crippen LogP contribution in [0.25, 0.3) is 0 Å². The molecule has 1 unspecified atom stereocenters. The van der Waals surface area contributed by atoms with Crippen LogP contribution < -0.4 is 0 Å². The summed E-state index contributed by atoms with van der Waals surface area (Å²) in [4.78, 5) is 15.8. The minimum Gasteiger partial charge on any atom is -0.453 e. The van der Waals surface area contributed by atoms with E-state index in [0.717, 1.165) is 31.6 Å². The summed E-state index contributed by atoms with van der Waals surface area (Å²) >= 11 is 0. The van der Waals surface area contributed by atoms with Crippen LogP contribution in [0.3, 0.4) is 0 Å². The van der Waals surface area contributed by atoms with Crippen LogP contribution in [-0.4, -0.2) is 59.5 Å². The lowest BCUT2D eigenvalue weighted by Gasteiger charge is -2.27. The average Bonchev–Trinajstić information content (AvgIpc) is 3.02. The van der Waals surface area contributed by atoms with Crippen LogP contribution in [0.1, 0.15) is 29.4 Å². The Bertz CT molecular complexity index is 525. The number of carbonyl (C=O) groups excluding carboxylic acids is 1. The number of amides is 1. The van der Waals surface area contributed by atoms with E-state index in [9.17, 15) is 4.79 Å². The first-order valence-electron chi connectivity index (χ1n) is 7.18. The summed E-state index contributed by atoms with van der Waals surface area (Å²) in [5.41, 5.74) is 3.56. The Morgan fingerprint density at radius 1 is 1.40 bits per heavy atom. The predicted octanol–water partition coefficient (Wildman–Crippen LogP) is 1.19. The van der Waals surface area contributed by atoms with Gasteiger partial charge in [-0.3, -0.25) is 4.68 Å². The van der Waals surface area contributed by atoms with Gasteiger partial charge in [-0.15, -0.1) is 0 Å². The van der Waals surface area contributed by atoms with E-state index in [-0.39, 0.29) is 6.09 Å². The molecule has 3 rings (SSSR count). The Morgan fingerprint density at radius 2 is 2.20 bits per heavy atom. The van der Waals surface area contributed by atoms with Crippen molar-refractivity contribution in [1.29, 1.82) is 0 Å². The highest BCUT2D eigenvalue weighted by Crippen LogP contribution is 2.28. The van der Waals surface area contributed by atoms with E-state index in [2.05, 4.69) is 16.6 Å². The van der Waals surface area contributed by atoms with Crippen molar-refractivity contribution >= 4 is 6.09 Å². The van der Waals surface area contributed by atoms with Crippen LogP contribution in [0.15, 0.2) is 0 Å². The fourth-order valence-corrected chi connectivity index (χ4v) is 3.31. The lowest BCUT2D eigenvalue weighted by Crippen LogP contribution is -2.36.